The highest BCUT2D eigenvalue weighted by molar-refractivity contribution is 6.42. The average Bonchev–Trinajstić information content (AvgIpc) is 3.28. The van der Waals surface area contributed by atoms with E-state index in [1.54, 1.807) is 43.3 Å². The summed E-state index contributed by atoms with van der Waals surface area (Å²) in [7, 11) is 0. The number of rotatable bonds is 6. The standard InChI is InChI=1S/C23H15Cl3N4O4/c1-12-6-14(24)3-5-22(12)34-17-9-15(8-16(10-17)30(32)33)27-23(31)21-11-20(28-29-21)13-2-4-18(25)19(26)7-13/h2-11H,1H3,(H,27,31)(H,28,29). The second kappa shape index (κ2) is 9.72. The molecule has 0 fully saturated rings. The number of ether oxygens (including phenoxy) is 1. The van der Waals surface area contributed by atoms with E-state index in [9.17, 15) is 14.9 Å². The number of hydrogen-bond donors (Lipinski definition) is 2. The van der Waals surface area contributed by atoms with E-state index in [1.165, 1.54) is 24.3 Å². The number of aromatic nitrogens is 2. The topological polar surface area (TPSA) is 110 Å². The molecule has 1 heterocycles. The Morgan fingerprint density at radius 1 is 1.03 bits per heavy atom. The molecule has 3 aromatic carbocycles. The van der Waals surface area contributed by atoms with Crippen molar-refractivity contribution in [2.45, 2.75) is 6.92 Å². The van der Waals surface area contributed by atoms with Crippen molar-refractivity contribution in [1.82, 2.24) is 10.2 Å². The normalized spacial score (nSPS) is 10.7. The molecule has 0 radical (unpaired) electrons. The number of anilines is 1. The molecular formula is C23H15Cl3N4O4. The molecule has 0 unspecified atom stereocenters. The monoisotopic (exact) mass is 516 g/mol. The van der Waals surface area contributed by atoms with Gasteiger partial charge in [0, 0.05) is 22.7 Å². The maximum atomic E-state index is 12.8. The number of amides is 1. The number of carbonyl (C=O) groups excluding carboxylic acids is 1. The zero-order valence-electron chi connectivity index (χ0n) is 17.4. The number of carbonyl (C=O) groups is 1. The summed E-state index contributed by atoms with van der Waals surface area (Å²) in [6.45, 7) is 1.80. The van der Waals surface area contributed by atoms with Crippen LogP contribution in [-0.2, 0) is 0 Å². The highest BCUT2D eigenvalue weighted by Gasteiger charge is 2.17. The Morgan fingerprint density at radius 3 is 2.53 bits per heavy atom. The lowest BCUT2D eigenvalue weighted by atomic mass is 10.1. The van der Waals surface area contributed by atoms with Crippen LogP contribution in [0.4, 0.5) is 11.4 Å². The fraction of sp³-hybridized carbons (Fsp3) is 0.0435. The molecule has 0 saturated carbocycles. The van der Waals surface area contributed by atoms with Crippen LogP contribution < -0.4 is 10.1 Å². The number of hydrogen-bond acceptors (Lipinski definition) is 5. The van der Waals surface area contributed by atoms with Gasteiger partial charge in [-0.25, -0.2) is 0 Å². The summed E-state index contributed by atoms with van der Waals surface area (Å²) in [4.78, 5) is 23.6. The second-order valence-corrected chi connectivity index (χ2v) is 8.49. The van der Waals surface area contributed by atoms with Crippen molar-refractivity contribution in [3.8, 4) is 22.8 Å². The summed E-state index contributed by atoms with van der Waals surface area (Å²) in [6.07, 6.45) is 0. The molecule has 2 N–H and O–H groups in total. The van der Waals surface area contributed by atoms with E-state index in [0.717, 1.165) is 5.56 Å². The molecule has 0 spiro atoms. The molecular weight excluding hydrogens is 503 g/mol. The van der Waals surface area contributed by atoms with Crippen LogP contribution >= 0.6 is 34.8 Å². The van der Waals surface area contributed by atoms with Crippen molar-refractivity contribution in [1.29, 1.82) is 0 Å². The van der Waals surface area contributed by atoms with E-state index in [4.69, 9.17) is 39.5 Å². The van der Waals surface area contributed by atoms with Crippen LogP contribution in [0.15, 0.2) is 60.7 Å². The lowest BCUT2D eigenvalue weighted by Crippen LogP contribution is -2.12. The molecule has 4 rings (SSSR count). The Hall–Kier alpha value is -3.59. The molecule has 4 aromatic rings. The summed E-state index contributed by atoms with van der Waals surface area (Å²) < 4.78 is 5.81. The maximum absolute atomic E-state index is 12.8. The molecule has 1 amide bonds. The Kier molecular flexibility index (Phi) is 6.74. The molecule has 1 aromatic heterocycles. The minimum Gasteiger partial charge on any atom is -0.457 e. The minimum absolute atomic E-state index is 0.142. The third-order valence-corrected chi connectivity index (χ3v) is 5.74. The number of benzene rings is 3. The number of nitro benzene ring substituents is 1. The van der Waals surface area contributed by atoms with Gasteiger partial charge >= 0.3 is 0 Å². The lowest BCUT2D eigenvalue weighted by molar-refractivity contribution is -0.384. The first-order valence-corrected chi connectivity index (χ1v) is 10.9. The first kappa shape index (κ1) is 23.6. The molecule has 0 aliphatic carbocycles. The van der Waals surface area contributed by atoms with E-state index in [2.05, 4.69) is 15.5 Å². The van der Waals surface area contributed by atoms with Crippen molar-refractivity contribution in [2.75, 3.05) is 5.32 Å². The predicted molar refractivity (Wildman–Crippen MR) is 131 cm³/mol. The largest absolute Gasteiger partial charge is 0.457 e. The van der Waals surface area contributed by atoms with Gasteiger partial charge in [0.2, 0.25) is 0 Å². The van der Waals surface area contributed by atoms with E-state index in [-0.39, 0.29) is 22.8 Å². The van der Waals surface area contributed by atoms with Crippen LogP contribution in [0.2, 0.25) is 15.1 Å². The van der Waals surface area contributed by atoms with E-state index in [1.807, 2.05) is 0 Å². The average molecular weight is 518 g/mol. The molecule has 0 atom stereocenters. The van der Waals surface area contributed by atoms with Gasteiger partial charge in [-0.05, 0) is 48.9 Å². The van der Waals surface area contributed by atoms with Crippen LogP contribution in [0, 0.1) is 17.0 Å². The van der Waals surface area contributed by atoms with Crippen molar-refractivity contribution in [2.24, 2.45) is 0 Å². The Bertz CT molecular complexity index is 1420. The Balaban J connectivity index is 1.58. The summed E-state index contributed by atoms with van der Waals surface area (Å²) in [5.74, 6) is 0.103. The summed E-state index contributed by atoms with van der Waals surface area (Å²) in [6, 6.07) is 15.5. The zero-order chi connectivity index (χ0) is 24.4. The van der Waals surface area contributed by atoms with Crippen molar-refractivity contribution >= 4 is 52.1 Å². The molecule has 0 aliphatic heterocycles. The Morgan fingerprint density at radius 2 is 1.82 bits per heavy atom. The quantitative estimate of drug-likeness (QED) is 0.206. The number of halogens is 3. The molecule has 11 heteroatoms. The number of H-pyrrole nitrogens is 1. The highest BCUT2D eigenvalue weighted by atomic mass is 35.5. The van der Waals surface area contributed by atoms with Gasteiger partial charge in [-0.2, -0.15) is 5.10 Å². The maximum Gasteiger partial charge on any atom is 0.275 e. The molecule has 0 aliphatic rings. The first-order valence-electron chi connectivity index (χ1n) is 9.75. The SMILES string of the molecule is Cc1cc(Cl)ccc1Oc1cc(NC(=O)c2cc(-c3ccc(Cl)c(Cl)c3)n[nH]2)cc([N+](=O)[O-])c1. The fourth-order valence-corrected chi connectivity index (χ4v) is 3.64. The van der Waals surface area contributed by atoms with Gasteiger partial charge in [-0.3, -0.25) is 20.0 Å². The van der Waals surface area contributed by atoms with Crippen LogP contribution in [0.25, 0.3) is 11.3 Å². The fourth-order valence-electron chi connectivity index (χ4n) is 3.11. The molecule has 8 nitrogen and oxygen atoms in total. The number of nitro groups is 1. The van der Waals surface area contributed by atoms with Gasteiger partial charge < -0.3 is 10.1 Å². The molecule has 0 saturated heterocycles. The number of non-ortho nitro benzene ring substituents is 1. The number of aromatic amines is 1. The summed E-state index contributed by atoms with van der Waals surface area (Å²) >= 11 is 18.0. The van der Waals surface area contributed by atoms with Crippen LogP contribution in [0.5, 0.6) is 11.5 Å². The third-order valence-electron chi connectivity index (χ3n) is 4.76. The second-order valence-electron chi connectivity index (χ2n) is 7.23. The van der Waals surface area contributed by atoms with Crippen LogP contribution in [-0.4, -0.2) is 21.0 Å². The summed E-state index contributed by atoms with van der Waals surface area (Å²) in [5, 5.41) is 22.1. The van der Waals surface area contributed by atoms with Crippen molar-refractivity contribution in [3.63, 3.8) is 0 Å². The van der Waals surface area contributed by atoms with E-state index < -0.39 is 10.8 Å². The predicted octanol–water partition coefficient (Wildman–Crippen LogP) is 7.30. The highest BCUT2D eigenvalue weighted by Crippen LogP contribution is 2.33. The minimum atomic E-state index is -0.574. The van der Waals surface area contributed by atoms with Crippen molar-refractivity contribution in [3.05, 3.63) is 97.1 Å². The third kappa shape index (κ3) is 5.31. The molecule has 0 bridgehead atoms. The number of aryl methyl sites for hydroxylation is 1. The van der Waals surface area contributed by atoms with E-state index >= 15 is 0 Å². The van der Waals surface area contributed by atoms with Crippen molar-refractivity contribution < 1.29 is 14.5 Å². The van der Waals surface area contributed by atoms with Gasteiger partial charge in [0.05, 0.1) is 32.4 Å². The lowest BCUT2D eigenvalue weighted by Gasteiger charge is -2.11. The number of nitrogens with zero attached hydrogens (tertiary/aromatic N) is 2. The molecule has 34 heavy (non-hydrogen) atoms. The molecule has 172 valence electrons. The van der Waals surface area contributed by atoms with Gasteiger partial charge in [-0.15, -0.1) is 0 Å². The van der Waals surface area contributed by atoms with Gasteiger partial charge in [-0.1, -0.05) is 40.9 Å². The zero-order valence-corrected chi connectivity index (χ0v) is 19.7. The summed E-state index contributed by atoms with van der Waals surface area (Å²) in [5.41, 5.74) is 1.95. The Labute approximate surface area is 208 Å². The van der Waals surface area contributed by atoms with Crippen LogP contribution in [0.1, 0.15) is 16.1 Å². The first-order chi connectivity index (χ1) is 16.2. The van der Waals surface area contributed by atoms with Gasteiger partial charge in [0.25, 0.3) is 11.6 Å². The van der Waals surface area contributed by atoms with Crippen LogP contribution in [0.3, 0.4) is 0 Å². The smallest absolute Gasteiger partial charge is 0.275 e. The number of nitrogens with one attached hydrogen (secondary N) is 2. The van der Waals surface area contributed by atoms with Gasteiger partial charge in [0.1, 0.15) is 17.2 Å². The van der Waals surface area contributed by atoms with E-state index in [0.29, 0.717) is 32.1 Å². The van der Waals surface area contributed by atoms with Gasteiger partial charge in [0.15, 0.2) is 0 Å².